The molecule has 0 radical (unpaired) electrons. The fourth-order valence-corrected chi connectivity index (χ4v) is 5.97. The number of fused-ring (bicyclic) bond motifs is 2. The molecular weight excluding hydrogens is 527 g/mol. The molecule has 0 fully saturated rings. The van der Waals surface area contributed by atoms with Gasteiger partial charge in [-0.1, -0.05) is 60.7 Å². The van der Waals surface area contributed by atoms with E-state index in [4.69, 9.17) is 5.11 Å². The van der Waals surface area contributed by atoms with Crippen LogP contribution in [0.25, 0.3) is 27.8 Å². The molecule has 0 aliphatic rings. The highest BCUT2D eigenvalue weighted by Gasteiger charge is 2.31. The number of nitrogens with zero attached hydrogens (tertiary/aromatic N) is 1. The Bertz CT molecular complexity index is 1840. The smallest absolute Gasteiger partial charge is 0.416 e. The van der Waals surface area contributed by atoms with Crippen molar-refractivity contribution in [3.05, 3.63) is 125 Å². The van der Waals surface area contributed by atoms with Gasteiger partial charge in [-0.2, -0.15) is 13.2 Å². The normalized spacial score (nSPS) is 12.5. The van der Waals surface area contributed by atoms with Crippen molar-refractivity contribution < 1.29 is 31.5 Å². The van der Waals surface area contributed by atoms with Crippen LogP contribution in [0.3, 0.4) is 0 Å². The van der Waals surface area contributed by atoms with Gasteiger partial charge in [0.25, 0.3) is 0 Å². The second kappa shape index (κ2) is 10.1. The summed E-state index contributed by atoms with van der Waals surface area (Å²) in [6.45, 7) is 0. The first-order chi connectivity index (χ1) is 18.5. The molecule has 198 valence electrons. The van der Waals surface area contributed by atoms with Gasteiger partial charge in [0.05, 0.1) is 22.4 Å². The topological polar surface area (TPSA) is 76.4 Å². The molecule has 4 aromatic carbocycles. The molecule has 0 unspecified atom stereocenters. The molecule has 5 aromatic rings. The minimum atomic E-state index is -4.58. The highest BCUT2D eigenvalue weighted by atomic mass is 32.2. The molecule has 0 bridgehead atoms. The van der Waals surface area contributed by atoms with Gasteiger partial charge in [0.1, 0.15) is 0 Å². The molecule has 0 saturated carbocycles. The third-order valence-electron chi connectivity index (χ3n) is 6.41. The number of hydrogen-bond acceptors (Lipinski definition) is 3. The van der Waals surface area contributed by atoms with Crippen molar-refractivity contribution >= 4 is 43.7 Å². The fourth-order valence-electron chi connectivity index (χ4n) is 4.54. The van der Waals surface area contributed by atoms with E-state index in [1.807, 2.05) is 42.5 Å². The molecule has 1 aromatic heterocycles. The van der Waals surface area contributed by atoms with E-state index in [-0.39, 0.29) is 34.3 Å². The summed E-state index contributed by atoms with van der Waals surface area (Å²) in [6.07, 6.45) is -1.29. The van der Waals surface area contributed by atoms with Gasteiger partial charge >= 0.3 is 12.1 Å². The van der Waals surface area contributed by atoms with Crippen molar-refractivity contribution in [1.82, 2.24) is 3.97 Å². The Morgan fingerprint density at radius 2 is 1.56 bits per heavy atom. The largest absolute Gasteiger partial charge is 0.478 e. The van der Waals surface area contributed by atoms with Crippen LogP contribution in [0.5, 0.6) is 0 Å². The lowest BCUT2D eigenvalue weighted by atomic mass is 10.1. The number of rotatable bonds is 7. The van der Waals surface area contributed by atoms with Gasteiger partial charge in [0, 0.05) is 17.5 Å². The number of hydrogen-bond donors (Lipinski definition) is 1. The first-order valence-electron chi connectivity index (χ1n) is 11.9. The van der Waals surface area contributed by atoms with Crippen LogP contribution in [-0.4, -0.2) is 29.2 Å². The quantitative estimate of drug-likeness (QED) is 0.237. The molecule has 39 heavy (non-hydrogen) atoms. The maximum Gasteiger partial charge on any atom is 0.416 e. The third-order valence-corrected chi connectivity index (χ3v) is 8.01. The van der Waals surface area contributed by atoms with Crippen LogP contribution in [0.2, 0.25) is 0 Å². The first-order valence-corrected chi connectivity index (χ1v) is 13.5. The molecule has 0 atom stereocenters. The number of carboxylic acids is 1. The number of alkyl halides is 3. The lowest BCUT2D eigenvalue weighted by Gasteiger charge is -2.12. The van der Waals surface area contributed by atoms with E-state index in [0.717, 1.165) is 32.4 Å². The van der Waals surface area contributed by atoms with E-state index in [2.05, 4.69) is 0 Å². The number of benzene rings is 4. The maximum absolute atomic E-state index is 13.6. The van der Waals surface area contributed by atoms with Crippen LogP contribution < -0.4 is 0 Å². The number of halogens is 3. The lowest BCUT2D eigenvalue weighted by molar-refractivity contribution is -0.137. The molecular formula is C30H22F3NO4S. The van der Waals surface area contributed by atoms with Crippen LogP contribution in [0.1, 0.15) is 32.7 Å². The van der Waals surface area contributed by atoms with E-state index in [0.29, 0.717) is 5.56 Å². The standard InChI is InChI=1S/C30H22F3NO4S/c31-30(32,33)26-13-14-28-25(18-26)19-27(17-21-8-11-23(12-9-21)29(35)36)34(28)39(37,38)15-3-4-20-7-10-22-5-1-2-6-24(22)16-20/h1-14,16,18-19H,15,17H2,(H,35,36). The highest BCUT2D eigenvalue weighted by Crippen LogP contribution is 2.33. The Hall–Kier alpha value is -4.37. The Morgan fingerprint density at radius 1 is 0.846 bits per heavy atom. The van der Waals surface area contributed by atoms with Crippen molar-refractivity contribution in [2.24, 2.45) is 0 Å². The Balaban J connectivity index is 1.52. The van der Waals surface area contributed by atoms with Crippen LogP contribution in [0.15, 0.2) is 97.1 Å². The van der Waals surface area contributed by atoms with Crippen molar-refractivity contribution in [3.8, 4) is 0 Å². The van der Waals surface area contributed by atoms with E-state index >= 15 is 0 Å². The summed E-state index contributed by atoms with van der Waals surface area (Å²) >= 11 is 0. The second-order valence-corrected chi connectivity index (χ2v) is 11.0. The molecule has 0 aliphatic heterocycles. The number of aromatic carboxylic acids is 1. The van der Waals surface area contributed by atoms with E-state index in [1.54, 1.807) is 18.2 Å². The lowest BCUT2D eigenvalue weighted by Crippen LogP contribution is -2.18. The van der Waals surface area contributed by atoms with Gasteiger partial charge < -0.3 is 5.11 Å². The maximum atomic E-state index is 13.6. The van der Waals surface area contributed by atoms with Crippen molar-refractivity contribution in [1.29, 1.82) is 0 Å². The summed E-state index contributed by atoms with van der Waals surface area (Å²) < 4.78 is 68.2. The Labute approximate surface area is 222 Å². The summed E-state index contributed by atoms with van der Waals surface area (Å²) in [6, 6.07) is 23.8. The van der Waals surface area contributed by atoms with Crippen LogP contribution in [0.4, 0.5) is 13.2 Å². The minimum Gasteiger partial charge on any atom is -0.478 e. The number of aromatic nitrogens is 1. The zero-order chi connectivity index (χ0) is 27.8. The van der Waals surface area contributed by atoms with Gasteiger partial charge in [-0.3, -0.25) is 0 Å². The summed E-state index contributed by atoms with van der Waals surface area (Å²) in [7, 11) is -4.02. The highest BCUT2D eigenvalue weighted by molar-refractivity contribution is 7.90. The second-order valence-electron chi connectivity index (χ2n) is 9.14. The molecule has 1 heterocycles. The SMILES string of the molecule is O=C(O)c1ccc(Cc2cc3cc(C(F)(F)F)ccc3n2S(=O)(=O)CC=Cc2ccc3ccccc3c2)cc1. The summed E-state index contributed by atoms with van der Waals surface area (Å²) in [5.41, 5.74) is 1.03. The molecule has 0 aliphatic carbocycles. The fraction of sp³-hybridized carbons (Fsp3) is 0.100. The number of carboxylic acid groups (broad SMARTS) is 1. The molecule has 1 N–H and O–H groups in total. The number of carbonyl (C=O) groups is 1. The average Bonchev–Trinajstić information content (AvgIpc) is 3.26. The van der Waals surface area contributed by atoms with Crippen molar-refractivity contribution in [2.45, 2.75) is 12.6 Å². The Morgan fingerprint density at radius 3 is 2.26 bits per heavy atom. The molecule has 5 rings (SSSR count). The van der Waals surface area contributed by atoms with Gasteiger partial charge in [0.2, 0.25) is 10.0 Å². The van der Waals surface area contributed by atoms with E-state index in [9.17, 15) is 26.4 Å². The Kier molecular flexibility index (Phi) is 6.78. The van der Waals surface area contributed by atoms with Crippen molar-refractivity contribution in [2.75, 3.05) is 5.75 Å². The summed E-state index contributed by atoms with van der Waals surface area (Å²) in [5, 5.41) is 11.3. The summed E-state index contributed by atoms with van der Waals surface area (Å²) in [5.74, 6) is -1.48. The van der Waals surface area contributed by atoms with Gasteiger partial charge in [0.15, 0.2) is 0 Å². The van der Waals surface area contributed by atoms with Gasteiger partial charge in [-0.05, 0) is 64.4 Å². The molecule has 0 amide bonds. The van der Waals surface area contributed by atoms with Crippen molar-refractivity contribution in [3.63, 3.8) is 0 Å². The van der Waals surface area contributed by atoms with E-state index in [1.165, 1.54) is 30.3 Å². The van der Waals surface area contributed by atoms with Crippen LogP contribution in [0, 0.1) is 0 Å². The summed E-state index contributed by atoms with van der Waals surface area (Å²) in [4.78, 5) is 11.2. The average molecular weight is 550 g/mol. The molecule has 5 nitrogen and oxygen atoms in total. The minimum absolute atomic E-state index is 0.0700. The van der Waals surface area contributed by atoms with Crippen LogP contribution in [-0.2, 0) is 22.6 Å². The molecule has 9 heteroatoms. The zero-order valence-electron chi connectivity index (χ0n) is 20.4. The predicted octanol–water partition coefficient (Wildman–Crippen LogP) is 6.99. The monoisotopic (exact) mass is 549 g/mol. The first kappa shape index (κ1) is 26.2. The molecule has 0 spiro atoms. The van der Waals surface area contributed by atoms with E-state index < -0.39 is 27.7 Å². The van der Waals surface area contributed by atoms with Gasteiger partial charge in [-0.15, -0.1) is 0 Å². The zero-order valence-corrected chi connectivity index (χ0v) is 21.2. The predicted molar refractivity (Wildman–Crippen MR) is 145 cm³/mol. The van der Waals surface area contributed by atoms with Gasteiger partial charge in [-0.25, -0.2) is 17.2 Å². The third kappa shape index (κ3) is 5.58. The van der Waals surface area contributed by atoms with Crippen LogP contribution >= 0.6 is 0 Å². The molecule has 0 saturated heterocycles.